The molecule has 1 rings (SSSR count). The molecule has 0 saturated carbocycles. The number of carbonyl (C=O) groups excluding carboxylic acids is 2. The van der Waals surface area contributed by atoms with Crippen LogP contribution >= 0.6 is 15.9 Å². The van der Waals surface area contributed by atoms with E-state index < -0.39 is 0 Å². The molecule has 3 nitrogen and oxygen atoms in total. The molecule has 1 aromatic rings. The van der Waals surface area contributed by atoms with Gasteiger partial charge in [0, 0.05) is 12.6 Å². The minimum atomic E-state index is -0.323. The highest BCUT2D eigenvalue weighted by molar-refractivity contribution is 9.09. The SMILES string of the molecule is CC(=O)Nc1cccc(C(Br)C=O)c1. The summed E-state index contributed by atoms with van der Waals surface area (Å²) in [5, 5.41) is 2.65. The van der Waals surface area contributed by atoms with E-state index in [0.29, 0.717) is 5.69 Å². The number of aldehydes is 1. The lowest BCUT2D eigenvalue weighted by Crippen LogP contribution is -2.06. The van der Waals surface area contributed by atoms with E-state index in [-0.39, 0.29) is 10.7 Å². The molecule has 4 heteroatoms. The second kappa shape index (κ2) is 4.91. The van der Waals surface area contributed by atoms with E-state index in [2.05, 4.69) is 21.2 Å². The van der Waals surface area contributed by atoms with Crippen molar-refractivity contribution in [3.63, 3.8) is 0 Å². The summed E-state index contributed by atoms with van der Waals surface area (Å²) >= 11 is 3.20. The molecule has 0 bridgehead atoms. The molecule has 0 aliphatic rings. The van der Waals surface area contributed by atoms with Crippen LogP contribution in [0.15, 0.2) is 24.3 Å². The van der Waals surface area contributed by atoms with E-state index in [9.17, 15) is 9.59 Å². The molecule has 0 saturated heterocycles. The van der Waals surface area contributed by atoms with Gasteiger partial charge in [0.2, 0.25) is 5.91 Å². The van der Waals surface area contributed by atoms with Gasteiger partial charge in [0.25, 0.3) is 0 Å². The summed E-state index contributed by atoms with van der Waals surface area (Å²) in [6.07, 6.45) is 0.798. The number of rotatable bonds is 3. The normalized spacial score (nSPS) is 11.9. The minimum Gasteiger partial charge on any atom is -0.326 e. The Balaban J connectivity index is 2.88. The molecular formula is C10H10BrNO2. The molecule has 0 fully saturated rings. The first-order valence-electron chi connectivity index (χ1n) is 4.10. The number of carbonyl (C=O) groups is 2. The van der Waals surface area contributed by atoms with Gasteiger partial charge in [0.05, 0.1) is 4.83 Å². The molecule has 74 valence electrons. The molecule has 0 aliphatic carbocycles. The van der Waals surface area contributed by atoms with Crippen LogP contribution in [0.2, 0.25) is 0 Å². The maximum Gasteiger partial charge on any atom is 0.221 e. The molecular weight excluding hydrogens is 246 g/mol. The molecule has 1 unspecified atom stereocenters. The second-order valence-electron chi connectivity index (χ2n) is 2.84. The van der Waals surface area contributed by atoms with Gasteiger partial charge < -0.3 is 10.1 Å². The second-order valence-corrected chi connectivity index (χ2v) is 3.83. The zero-order valence-corrected chi connectivity index (χ0v) is 9.24. The first kappa shape index (κ1) is 10.9. The number of hydrogen-bond acceptors (Lipinski definition) is 2. The molecule has 1 atom stereocenters. The summed E-state index contributed by atoms with van der Waals surface area (Å²) in [7, 11) is 0. The van der Waals surface area contributed by atoms with Crippen LogP contribution in [-0.4, -0.2) is 12.2 Å². The Bertz CT molecular complexity index is 352. The molecule has 0 spiro atoms. The van der Waals surface area contributed by atoms with Crippen LogP contribution in [0.4, 0.5) is 5.69 Å². The summed E-state index contributed by atoms with van der Waals surface area (Å²) in [6.45, 7) is 1.44. The van der Waals surface area contributed by atoms with E-state index in [0.717, 1.165) is 11.8 Å². The quantitative estimate of drug-likeness (QED) is 0.666. The van der Waals surface area contributed by atoms with E-state index >= 15 is 0 Å². The van der Waals surface area contributed by atoms with E-state index in [1.807, 2.05) is 6.07 Å². The lowest BCUT2D eigenvalue weighted by atomic mass is 10.1. The standard InChI is InChI=1S/C10H10BrNO2/c1-7(14)12-9-4-2-3-8(5-9)10(11)6-13/h2-6,10H,1H3,(H,12,14). The summed E-state index contributed by atoms with van der Waals surface area (Å²) in [6, 6.07) is 7.14. The maximum atomic E-state index is 10.8. The highest BCUT2D eigenvalue weighted by Crippen LogP contribution is 2.22. The van der Waals surface area contributed by atoms with Crippen LogP contribution in [0.25, 0.3) is 0 Å². The van der Waals surface area contributed by atoms with Gasteiger partial charge in [-0.25, -0.2) is 0 Å². The number of hydrogen-bond donors (Lipinski definition) is 1. The molecule has 1 amide bonds. The predicted octanol–water partition coefficient (Wildman–Crippen LogP) is 2.28. The third kappa shape index (κ3) is 2.96. The number of halogens is 1. The van der Waals surface area contributed by atoms with Crippen LogP contribution in [0.1, 0.15) is 17.3 Å². The van der Waals surface area contributed by atoms with Crippen LogP contribution < -0.4 is 5.32 Å². The average molecular weight is 256 g/mol. The van der Waals surface area contributed by atoms with Gasteiger partial charge in [-0.3, -0.25) is 4.79 Å². The molecule has 0 heterocycles. The Morgan fingerprint density at radius 2 is 2.29 bits per heavy atom. The van der Waals surface area contributed by atoms with Crippen molar-refractivity contribution < 1.29 is 9.59 Å². The van der Waals surface area contributed by atoms with Crippen molar-refractivity contribution in [3.05, 3.63) is 29.8 Å². The summed E-state index contributed by atoms with van der Waals surface area (Å²) in [5.41, 5.74) is 1.52. The van der Waals surface area contributed by atoms with Crippen LogP contribution in [0.3, 0.4) is 0 Å². The smallest absolute Gasteiger partial charge is 0.221 e. The Morgan fingerprint density at radius 3 is 2.86 bits per heavy atom. The Labute approximate surface area is 90.6 Å². The first-order valence-corrected chi connectivity index (χ1v) is 5.02. The highest BCUT2D eigenvalue weighted by atomic mass is 79.9. The summed E-state index contributed by atoms with van der Waals surface area (Å²) < 4.78 is 0. The van der Waals surface area contributed by atoms with Crippen molar-refractivity contribution in [2.24, 2.45) is 0 Å². The van der Waals surface area contributed by atoms with Gasteiger partial charge in [-0.15, -0.1) is 0 Å². The van der Waals surface area contributed by atoms with Crippen molar-refractivity contribution in [1.82, 2.24) is 0 Å². The van der Waals surface area contributed by atoms with Gasteiger partial charge in [0.1, 0.15) is 6.29 Å². The third-order valence-corrected chi connectivity index (χ3v) is 2.39. The summed E-state index contributed by atoms with van der Waals surface area (Å²) in [5.74, 6) is -0.126. The maximum absolute atomic E-state index is 10.8. The van der Waals surface area contributed by atoms with Gasteiger partial charge >= 0.3 is 0 Å². The zero-order valence-electron chi connectivity index (χ0n) is 7.66. The van der Waals surface area contributed by atoms with Crippen molar-refractivity contribution >= 4 is 33.8 Å². The topological polar surface area (TPSA) is 46.2 Å². The highest BCUT2D eigenvalue weighted by Gasteiger charge is 2.05. The average Bonchev–Trinajstić information content (AvgIpc) is 2.16. The van der Waals surface area contributed by atoms with Crippen molar-refractivity contribution in [2.45, 2.75) is 11.8 Å². The van der Waals surface area contributed by atoms with Gasteiger partial charge in [0.15, 0.2) is 0 Å². The molecule has 0 aromatic heterocycles. The lowest BCUT2D eigenvalue weighted by Gasteiger charge is -2.06. The molecule has 14 heavy (non-hydrogen) atoms. The lowest BCUT2D eigenvalue weighted by molar-refractivity contribution is -0.114. The van der Waals surface area contributed by atoms with Gasteiger partial charge in [-0.05, 0) is 17.7 Å². The fourth-order valence-corrected chi connectivity index (χ4v) is 1.35. The predicted molar refractivity (Wildman–Crippen MR) is 58.5 cm³/mol. The minimum absolute atomic E-state index is 0.126. The van der Waals surface area contributed by atoms with Gasteiger partial charge in [-0.2, -0.15) is 0 Å². The number of benzene rings is 1. The van der Waals surface area contributed by atoms with E-state index in [1.54, 1.807) is 18.2 Å². The molecule has 1 aromatic carbocycles. The largest absolute Gasteiger partial charge is 0.326 e. The van der Waals surface area contributed by atoms with Crippen molar-refractivity contribution in [2.75, 3.05) is 5.32 Å². The monoisotopic (exact) mass is 255 g/mol. The summed E-state index contributed by atoms with van der Waals surface area (Å²) in [4.78, 5) is 21.0. The first-order chi connectivity index (χ1) is 6.63. The Morgan fingerprint density at radius 1 is 1.57 bits per heavy atom. The van der Waals surface area contributed by atoms with Crippen molar-refractivity contribution in [1.29, 1.82) is 0 Å². The van der Waals surface area contributed by atoms with E-state index in [1.165, 1.54) is 6.92 Å². The van der Waals surface area contributed by atoms with Crippen LogP contribution in [0, 0.1) is 0 Å². The van der Waals surface area contributed by atoms with E-state index in [4.69, 9.17) is 0 Å². The number of alkyl halides is 1. The fourth-order valence-electron chi connectivity index (χ4n) is 1.07. The van der Waals surface area contributed by atoms with Crippen LogP contribution in [0.5, 0.6) is 0 Å². The zero-order chi connectivity index (χ0) is 10.6. The fraction of sp³-hybridized carbons (Fsp3) is 0.200. The molecule has 0 aliphatic heterocycles. The van der Waals surface area contributed by atoms with Crippen molar-refractivity contribution in [3.8, 4) is 0 Å². The Hall–Kier alpha value is -1.16. The van der Waals surface area contributed by atoms with Gasteiger partial charge in [-0.1, -0.05) is 28.1 Å². The third-order valence-electron chi connectivity index (χ3n) is 1.64. The number of nitrogens with one attached hydrogen (secondary N) is 1. The number of anilines is 1. The molecule has 0 radical (unpaired) electrons. The molecule has 1 N–H and O–H groups in total. The van der Waals surface area contributed by atoms with Crippen LogP contribution in [-0.2, 0) is 9.59 Å². The Kier molecular flexibility index (Phi) is 3.83. The number of amides is 1.